The number of carbonyl (C=O) groups excluding carboxylic acids is 1. The lowest BCUT2D eigenvalue weighted by Crippen LogP contribution is -1.91. The third kappa shape index (κ3) is 1.75. The summed E-state index contributed by atoms with van der Waals surface area (Å²) < 4.78 is 0.439. The largest absolute Gasteiger partial charge is 0.275 e. The van der Waals surface area contributed by atoms with Crippen LogP contribution in [0.15, 0.2) is 17.1 Å². The number of aromatic nitrogens is 2. The molecule has 0 radical (unpaired) electrons. The zero-order valence-electron chi connectivity index (χ0n) is 4.71. The number of rotatable bonds is 1. The molecule has 5 heteroatoms. The molecule has 10 heavy (non-hydrogen) atoms. The Kier molecular flexibility index (Phi) is 2.34. The van der Waals surface area contributed by atoms with Crippen molar-refractivity contribution < 1.29 is 4.79 Å². The third-order valence-corrected chi connectivity index (χ3v) is 1.48. The molecule has 0 saturated heterocycles. The molecule has 0 unspecified atom stereocenters. The van der Waals surface area contributed by atoms with E-state index in [1.807, 2.05) is 0 Å². The molecule has 1 heterocycles. The summed E-state index contributed by atoms with van der Waals surface area (Å²) in [6.07, 6.45) is 2.71. The van der Waals surface area contributed by atoms with Gasteiger partial charge in [0.15, 0.2) is 4.73 Å². The fraction of sp³-hybridized carbons (Fsp3) is 0. The molecule has 0 fully saturated rings. The van der Waals surface area contributed by atoms with Gasteiger partial charge in [0, 0.05) is 12.4 Å². The Morgan fingerprint density at radius 1 is 1.50 bits per heavy atom. The first-order valence-corrected chi connectivity index (χ1v) is 3.54. The molecule has 52 valence electrons. The van der Waals surface area contributed by atoms with Crippen LogP contribution in [0.2, 0.25) is 0 Å². The SMILES string of the molecule is O=C(Cl)c1cnc(Br)nc1. The van der Waals surface area contributed by atoms with Gasteiger partial charge in [0.2, 0.25) is 0 Å². The third-order valence-electron chi connectivity index (χ3n) is 0.847. The summed E-state index contributed by atoms with van der Waals surface area (Å²) in [5.41, 5.74) is 0.296. The Balaban J connectivity index is 3.00. The molecule has 0 saturated carbocycles. The molecule has 0 spiro atoms. The van der Waals surface area contributed by atoms with Crippen LogP contribution in [0.4, 0.5) is 0 Å². The van der Waals surface area contributed by atoms with Gasteiger partial charge in [-0.05, 0) is 27.5 Å². The van der Waals surface area contributed by atoms with Crippen molar-refractivity contribution in [1.82, 2.24) is 9.97 Å². The van der Waals surface area contributed by atoms with Crippen LogP contribution in [0.5, 0.6) is 0 Å². The molecule has 1 aromatic rings. The first-order chi connectivity index (χ1) is 4.70. The van der Waals surface area contributed by atoms with E-state index in [4.69, 9.17) is 11.6 Å². The smallest absolute Gasteiger partial charge is 0.255 e. The minimum absolute atomic E-state index is 0.296. The molecule has 1 rings (SSSR count). The fourth-order valence-corrected chi connectivity index (χ4v) is 0.716. The first kappa shape index (κ1) is 7.63. The normalized spacial score (nSPS) is 9.40. The van der Waals surface area contributed by atoms with Crippen LogP contribution in [0.1, 0.15) is 10.4 Å². The van der Waals surface area contributed by atoms with Gasteiger partial charge in [-0.1, -0.05) is 0 Å². The maximum atomic E-state index is 10.4. The van der Waals surface area contributed by atoms with Crippen molar-refractivity contribution in [2.75, 3.05) is 0 Å². The molecular formula is C5H2BrClN2O. The molecule has 0 aliphatic carbocycles. The van der Waals surface area contributed by atoms with Crippen LogP contribution in [-0.4, -0.2) is 15.2 Å². The average Bonchev–Trinajstić information content (AvgIpc) is 1.88. The fourth-order valence-electron chi connectivity index (χ4n) is 0.414. The molecule has 1 aromatic heterocycles. The lowest BCUT2D eigenvalue weighted by atomic mass is 10.4. The summed E-state index contributed by atoms with van der Waals surface area (Å²) in [6, 6.07) is 0. The van der Waals surface area contributed by atoms with Gasteiger partial charge < -0.3 is 0 Å². The van der Waals surface area contributed by atoms with Gasteiger partial charge >= 0.3 is 0 Å². The average molecular weight is 221 g/mol. The topological polar surface area (TPSA) is 42.9 Å². The Bertz CT molecular complexity index is 248. The molecule has 0 N–H and O–H groups in total. The summed E-state index contributed by atoms with van der Waals surface area (Å²) in [5.74, 6) is 0. The van der Waals surface area contributed by atoms with Crippen LogP contribution < -0.4 is 0 Å². The molecule has 0 aliphatic rings. The van der Waals surface area contributed by atoms with Crippen LogP contribution >= 0.6 is 27.5 Å². The highest BCUT2D eigenvalue weighted by atomic mass is 79.9. The molecule has 0 atom stereocenters. The molecule has 3 nitrogen and oxygen atoms in total. The summed E-state index contributed by atoms with van der Waals surface area (Å²) in [6.45, 7) is 0. The van der Waals surface area contributed by atoms with Gasteiger partial charge in [0.25, 0.3) is 5.24 Å². The standard InChI is InChI=1S/C5H2BrClN2O/c6-5-8-1-3(2-9-5)4(7)10/h1-2H. The van der Waals surface area contributed by atoms with Crippen molar-refractivity contribution in [3.63, 3.8) is 0 Å². The predicted molar refractivity (Wildman–Crippen MR) is 39.9 cm³/mol. The number of nitrogens with zero attached hydrogens (tertiary/aromatic N) is 2. The van der Waals surface area contributed by atoms with E-state index in [0.717, 1.165) is 0 Å². The van der Waals surface area contributed by atoms with Crippen molar-refractivity contribution >= 4 is 32.8 Å². The summed E-state index contributed by atoms with van der Waals surface area (Å²) in [5, 5.41) is -0.549. The molecular weight excluding hydrogens is 219 g/mol. The summed E-state index contributed by atoms with van der Waals surface area (Å²) >= 11 is 8.14. The predicted octanol–water partition coefficient (Wildman–Crippen LogP) is 1.62. The highest BCUT2D eigenvalue weighted by molar-refractivity contribution is 9.10. The number of hydrogen-bond acceptors (Lipinski definition) is 3. The van der Waals surface area contributed by atoms with E-state index in [2.05, 4.69) is 25.9 Å². The van der Waals surface area contributed by atoms with Gasteiger partial charge in [0.1, 0.15) is 0 Å². The highest BCUT2D eigenvalue weighted by Crippen LogP contribution is 2.03. The summed E-state index contributed by atoms with van der Waals surface area (Å²) in [4.78, 5) is 17.8. The second-order valence-electron chi connectivity index (χ2n) is 1.51. The zero-order chi connectivity index (χ0) is 7.56. The van der Waals surface area contributed by atoms with E-state index in [1.54, 1.807) is 0 Å². The van der Waals surface area contributed by atoms with Crippen molar-refractivity contribution in [3.05, 3.63) is 22.7 Å². The second-order valence-corrected chi connectivity index (χ2v) is 2.57. The molecule has 0 aliphatic heterocycles. The summed E-state index contributed by atoms with van der Waals surface area (Å²) in [7, 11) is 0. The molecule has 0 aromatic carbocycles. The second kappa shape index (κ2) is 3.07. The van der Waals surface area contributed by atoms with Crippen molar-refractivity contribution in [1.29, 1.82) is 0 Å². The van der Waals surface area contributed by atoms with Crippen molar-refractivity contribution in [3.8, 4) is 0 Å². The van der Waals surface area contributed by atoms with Crippen molar-refractivity contribution in [2.45, 2.75) is 0 Å². The maximum Gasteiger partial charge on any atom is 0.255 e. The minimum atomic E-state index is -0.549. The van der Waals surface area contributed by atoms with Crippen LogP contribution in [0.3, 0.4) is 0 Å². The Morgan fingerprint density at radius 2 is 2.00 bits per heavy atom. The Hall–Kier alpha value is -0.480. The monoisotopic (exact) mass is 220 g/mol. The molecule has 0 amide bonds. The number of halogens is 2. The Labute approximate surface area is 70.6 Å². The van der Waals surface area contributed by atoms with E-state index >= 15 is 0 Å². The van der Waals surface area contributed by atoms with Gasteiger partial charge in [-0.3, -0.25) is 4.79 Å². The highest BCUT2D eigenvalue weighted by Gasteiger charge is 2.00. The van der Waals surface area contributed by atoms with Crippen LogP contribution in [0.25, 0.3) is 0 Å². The van der Waals surface area contributed by atoms with E-state index in [0.29, 0.717) is 10.3 Å². The molecule has 0 bridgehead atoms. The maximum absolute atomic E-state index is 10.4. The van der Waals surface area contributed by atoms with Gasteiger partial charge in [0.05, 0.1) is 5.56 Å². The first-order valence-electron chi connectivity index (χ1n) is 2.37. The van der Waals surface area contributed by atoms with Gasteiger partial charge in [-0.25, -0.2) is 9.97 Å². The van der Waals surface area contributed by atoms with E-state index < -0.39 is 5.24 Å². The van der Waals surface area contributed by atoms with E-state index in [9.17, 15) is 4.79 Å². The zero-order valence-corrected chi connectivity index (χ0v) is 7.06. The lowest BCUT2D eigenvalue weighted by Gasteiger charge is -1.89. The van der Waals surface area contributed by atoms with Crippen molar-refractivity contribution in [2.24, 2.45) is 0 Å². The minimum Gasteiger partial charge on any atom is -0.275 e. The Morgan fingerprint density at radius 3 is 2.40 bits per heavy atom. The van der Waals surface area contributed by atoms with Crippen LogP contribution in [0, 0.1) is 0 Å². The number of hydrogen-bond donors (Lipinski definition) is 0. The van der Waals surface area contributed by atoms with Gasteiger partial charge in [-0.2, -0.15) is 0 Å². The number of carbonyl (C=O) groups is 1. The van der Waals surface area contributed by atoms with Gasteiger partial charge in [-0.15, -0.1) is 0 Å². The van der Waals surface area contributed by atoms with Crippen LogP contribution in [-0.2, 0) is 0 Å². The van der Waals surface area contributed by atoms with E-state index in [1.165, 1.54) is 12.4 Å². The quantitative estimate of drug-likeness (QED) is 0.534. The van der Waals surface area contributed by atoms with E-state index in [-0.39, 0.29) is 0 Å². The lowest BCUT2D eigenvalue weighted by molar-refractivity contribution is 0.108.